The van der Waals surface area contributed by atoms with Crippen LogP contribution < -0.4 is 9.79 Å². The first-order valence-electron chi connectivity index (χ1n) is 3.61. The van der Waals surface area contributed by atoms with Crippen LogP contribution in [-0.4, -0.2) is 43.3 Å². The van der Waals surface area contributed by atoms with Gasteiger partial charge in [-0.25, -0.2) is 0 Å². The Morgan fingerprint density at radius 1 is 0.824 bits per heavy atom. The van der Waals surface area contributed by atoms with Crippen LogP contribution in [0.5, 0.6) is 0 Å². The number of hydrogen-bond acceptors (Lipinski definition) is 6. The summed E-state index contributed by atoms with van der Waals surface area (Å²) in [5, 5.41) is 0. The Hall–Kier alpha value is 1.03. The van der Waals surface area contributed by atoms with E-state index in [1.807, 2.05) is 0 Å². The minimum Gasteiger partial charge on any atom is -0.810 e. The summed E-state index contributed by atoms with van der Waals surface area (Å²) < 4.78 is 31.4. The molecule has 0 atom stereocenters. The van der Waals surface area contributed by atoms with Crippen LogP contribution in [0, 0.1) is 0 Å². The van der Waals surface area contributed by atoms with Crippen molar-refractivity contribution in [2.24, 2.45) is 0 Å². The molecule has 0 heterocycles. The Kier molecular flexibility index (Phi) is 8.37. The van der Waals surface area contributed by atoms with Gasteiger partial charge in [0.05, 0.1) is 0 Å². The van der Waals surface area contributed by atoms with E-state index in [1.165, 1.54) is 0 Å². The van der Waals surface area contributed by atoms with Crippen LogP contribution in [-0.2, 0) is 33.2 Å². The first kappa shape index (κ1) is 20.4. The molecule has 0 aliphatic carbocycles. The molecule has 10 nitrogen and oxygen atoms in total. The van der Waals surface area contributed by atoms with Crippen LogP contribution in [0.1, 0.15) is 0 Å². The summed E-state index contributed by atoms with van der Waals surface area (Å²) in [5.74, 6) is 0. The van der Waals surface area contributed by atoms with Gasteiger partial charge in [-0.2, -0.15) is 0 Å². The molecule has 0 rings (SSSR count). The van der Waals surface area contributed by atoms with E-state index in [0.717, 1.165) is 0 Å². The van der Waals surface area contributed by atoms with Crippen LogP contribution in [0.3, 0.4) is 0 Å². The Morgan fingerprint density at radius 3 is 1.29 bits per heavy atom. The molecular weight excluding hydrogens is 352 g/mol. The molecule has 0 amide bonds. The minimum atomic E-state index is -5.15. The van der Waals surface area contributed by atoms with E-state index in [4.69, 9.17) is 19.6 Å². The SMILES string of the molecule is O=P([O-])([O-])CN(CP(=O)(O)O)CP(=O)(O)O.[Zn+2]. The van der Waals surface area contributed by atoms with Crippen LogP contribution >= 0.6 is 22.8 Å². The van der Waals surface area contributed by atoms with Gasteiger partial charge in [0.2, 0.25) is 0 Å². The zero-order valence-electron chi connectivity index (χ0n) is 8.45. The maximum absolute atomic E-state index is 10.5. The third-order valence-electron chi connectivity index (χ3n) is 1.14. The molecule has 0 saturated heterocycles. The summed E-state index contributed by atoms with van der Waals surface area (Å²) >= 11 is 0. The van der Waals surface area contributed by atoms with E-state index in [0.29, 0.717) is 0 Å². The predicted molar refractivity (Wildman–Crippen MR) is 48.1 cm³/mol. The second kappa shape index (κ2) is 6.99. The summed E-state index contributed by atoms with van der Waals surface area (Å²) in [5.41, 5.74) is 0. The fraction of sp³-hybridized carbons (Fsp3) is 1.00. The molecule has 0 bridgehead atoms. The second-order valence-electron chi connectivity index (χ2n) is 3.04. The van der Waals surface area contributed by atoms with Gasteiger partial charge in [-0.3, -0.25) is 14.0 Å². The van der Waals surface area contributed by atoms with Crippen LogP contribution in [0.2, 0.25) is 0 Å². The van der Waals surface area contributed by atoms with Crippen LogP contribution in [0.15, 0.2) is 0 Å². The van der Waals surface area contributed by atoms with Gasteiger partial charge in [0.15, 0.2) is 0 Å². The van der Waals surface area contributed by atoms with Crippen molar-refractivity contribution in [3.05, 3.63) is 0 Å². The molecule has 0 aliphatic heterocycles. The van der Waals surface area contributed by atoms with Crippen LogP contribution in [0.25, 0.3) is 0 Å². The van der Waals surface area contributed by atoms with E-state index in [1.54, 1.807) is 0 Å². The maximum atomic E-state index is 10.5. The third-order valence-corrected chi connectivity index (χ3v) is 3.42. The molecule has 17 heavy (non-hydrogen) atoms. The molecule has 0 unspecified atom stereocenters. The van der Waals surface area contributed by atoms with Gasteiger partial charge in [0, 0.05) is 6.29 Å². The van der Waals surface area contributed by atoms with E-state index >= 15 is 0 Å². The Labute approximate surface area is 109 Å². The monoisotopic (exact) mass is 361 g/mol. The van der Waals surface area contributed by atoms with Crippen molar-refractivity contribution in [3.8, 4) is 0 Å². The number of nitrogens with zero attached hydrogens (tertiary/aromatic N) is 1. The van der Waals surface area contributed by atoms with Crippen molar-refractivity contribution in [1.82, 2.24) is 4.90 Å². The Bertz CT molecular complexity index is 311. The van der Waals surface area contributed by atoms with Crippen molar-refractivity contribution >= 4 is 22.8 Å². The maximum Gasteiger partial charge on any atom is 2.00 e. The van der Waals surface area contributed by atoms with Gasteiger partial charge < -0.3 is 33.9 Å². The zero-order chi connectivity index (χ0) is 13.2. The summed E-state index contributed by atoms with van der Waals surface area (Å²) in [6, 6.07) is 0. The Morgan fingerprint density at radius 2 is 1.12 bits per heavy atom. The van der Waals surface area contributed by atoms with Gasteiger partial charge in [0.25, 0.3) is 0 Å². The Balaban J connectivity index is 0. The number of hydrogen-bond donors (Lipinski definition) is 4. The van der Waals surface area contributed by atoms with Crippen LogP contribution in [0.4, 0.5) is 0 Å². The molecule has 0 saturated carbocycles. The van der Waals surface area contributed by atoms with Crippen molar-refractivity contribution in [3.63, 3.8) is 0 Å². The van der Waals surface area contributed by atoms with Gasteiger partial charge >= 0.3 is 34.7 Å². The summed E-state index contributed by atoms with van der Waals surface area (Å²) in [4.78, 5) is 54.9. The predicted octanol–water partition coefficient (Wildman–Crippen LogP) is -2.57. The van der Waals surface area contributed by atoms with E-state index in [2.05, 4.69) is 0 Å². The van der Waals surface area contributed by atoms with Gasteiger partial charge in [-0.05, 0) is 0 Å². The zero-order valence-corrected chi connectivity index (χ0v) is 14.1. The van der Waals surface area contributed by atoms with Crippen molar-refractivity contribution in [2.45, 2.75) is 0 Å². The molecule has 98 valence electrons. The van der Waals surface area contributed by atoms with Gasteiger partial charge in [-0.15, -0.1) is 0 Å². The number of rotatable bonds is 6. The molecule has 0 radical (unpaired) electrons. The molecule has 0 aromatic carbocycles. The molecule has 0 spiro atoms. The fourth-order valence-corrected chi connectivity index (χ4v) is 3.51. The average Bonchev–Trinajstić information content (AvgIpc) is 1.70. The van der Waals surface area contributed by atoms with Crippen molar-refractivity contribution < 1.29 is 62.5 Å². The van der Waals surface area contributed by atoms with Crippen molar-refractivity contribution in [2.75, 3.05) is 18.9 Å². The third kappa shape index (κ3) is 15.0. The molecule has 0 aromatic heterocycles. The van der Waals surface area contributed by atoms with E-state index in [9.17, 15) is 23.5 Å². The molecule has 0 aliphatic rings. The standard InChI is InChI=1S/C3H12NO9P3.Zn/c5-14(6,7)1-4(2-15(8,9)10)3-16(11,12)13;/h1-3H2,(H2,5,6,7)(H2,8,9,10)(H2,11,12,13);/q;+2/p-2. The van der Waals surface area contributed by atoms with Gasteiger partial charge in [-0.1, -0.05) is 7.60 Å². The summed E-state index contributed by atoms with van der Waals surface area (Å²) in [7, 11) is -14.6. The minimum absolute atomic E-state index is 0. The topological polar surface area (TPSA) is 181 Å². The van der Waals surface area contributed by atoms with Gasteiger partial charge in [0.1, 0.15) is 12.6 Å². The first-order chi connectivity index (χ1) is 6.79. The molecule has 14 heteroatoms. The van der Waals surface area contributed by atoms with E-state index < -0.39 is 41.6 Å². The molecule has 0 fully saturated rings. The second-order valence-corrected chi connectivity index (χ2v) is 7.76. The summed E-state index contributed by atoms with van der Waals surface area (Å²) in [6.07, 6.45) is -3.79. The smallest absolute Gasteiger partial charge is 0.810 e. The molecule has 0 aromatic rings. The normalized spacial score (nSPS) is 13.6. The summed E-state index contributed by atoms with van der Waals surface area (Å²) in [6.45, 7) is 0. The quantitative estimate of drug-likeness (QED) is 0.289. The first-order valence-corrected chi connectivity index (χ1v) is 8.93. The molecule has 4 N–H and O–H groups in total. The fourth-order valence-electron chi connectivity index (χ4n) is 0.900. The average molecular weight is 362 g/mol. The largest absolute Gasteiger partial charge is 2.00 e. The molecular formula is C3H10NO9P3Zn. The van der Waals surface area contributed by atoms with Crippen molar-refractivity contribution in [1.29, 1.82) is 0 Å². The van der Waals surface area contributed by atoms with E-state index in [-0.39, 0.29) is 24.4 Å².